The Morgan fingerprint density at radius 2 is 1.52 bits per heavy atom. The summed E-state index contributed by atoms with van der Waals surface area (Å²) in [6.45, 7) is 2.09. The van der Waals surface area contributed by atoms with Crippen molar-refractivity contribution in [1.29, 1.82) is 0 Å². The van der Waals surface area contributed by atoms with Gasteiger partial charge in [0.1, 0.15) is 0 Å². The standard InChI is InChI=1S/C26H31NOS/c1-18-2-8-24(9-3-18)29-11-10-25(28)27-23-6-4-22(5-7-23)26-15-19-12-20(16-26)14-21(13-19)17-26/h2-9,19-21H,10-17H2,1H3,(H,27,28). The lowest BCUT2D eigenvalue weighted by atomic mass is 9.48. The van der Waals surface area contributed by atoms with Gasteiger partial charge in [-0.3, -0.25) is 4.79 Å². The van der Waals surface area contributed by atoms with Crippen molar-refractivity contribution in [3.8, 4) is 0 Å². The fraction of sp³-hybridized carbons (Fsp3) is 0.500. The van der Waals surface area contributed by atoms with Crippen molar-refractivity contribution in [2.75, 3.05) is 11.1 Å². The molecule has 0 spiro atoms. The molecule has 2 aromatic carbocycles. The second kappa shape index (κ2) is 7.83. The van der Waals surface area contributed by atoms with E-state index in [1.54, 1.807) is 11.8 Å². The van der Waals surface area contributed by atoms with Crippen LogP contribution in [0.15, 0.2) is 53.4 Å². The maximum atomic E-state index is 12.3. The third-order valence-corrected chi connectivity index (χ3v) is 8.45. The number of benzene rings is 2. The second-order valence-corrected chi connectivity index (χ2v) is 10.9. The van der Waals surface area contributed by atoms with Crippen LogP contribution < -0.4 is 5.32 Å². The molecule has 2 aromatic rings. The van der Waals surface area contributed by atoms with Crippen LogP contribution in [0.4, 0.5) is 5.69 Å². The predicted octanol–water partition coefficient (Wildman–Crippen LogP) is 6.58. The minimum Gasteiger partial charge on any atom is -0.326 e. The third-order valence-electron chi connectivity index (χ3n) is 7.44. The fourth-order valence-corrected chi connectivity index (χ4v) is 7.34. The van der Waals surface area contributed by atoms with Crippen LogP contribution in [0.2, 0.25) is 0 Å². The first-order valence-electron chi connectivity index (χ1n) is 11.2. The summed E-state index contributed by atoms with van der Waals surface area (Å²) >= 11 is 1.74. The Morgan fingerprint density at radius 3 is 2.10 bits per heavy atom. The molecule has 4 fully saturated rings. The van der Waals surface area contributed by atoms with E-state index >= 15 is 0 Å². The van der Waals surface area contributed by atoms with Crippen molar-refractivity contribution in [2.24, 2.45) is 17.8 Å². The lowest BCUT2D eigenvalue weighted by Crippen LogP contribution is -2.48. The maximum Gasteiger partial charge on any atom is 0.225 e. The molecule has 4 aliphatic carbocycles. The van der Waals surface area contributed by atoms with E-state index in [0.29, 0.717) is 11.8 Å². The van der Waals surface area contributed by atoms with Gasteiger partial charge in [0.05, 0.1) is 0 Å². The molecule has 1 amide bonds. The Kier molecular flexibility index (Phi) is 5.19. The number of aryl methyl sites for hydroxylation is 1. The quantitative estimate of drug-likeness (QED) is 0.550. The Hall–Kier alpha value is -1.74. The van der Waals surface area contributed by atoms with Crippen LogP contribution in [0.3, 0.4) is 0 Å². The first-order chi connectivity index (χ1) is 14.1. The molecule has 4 saturated carbocycles. The molecule has 0 saturated heterocycles. The van der Waals surface area contributed by atoms with Gasteiger partial charge in [-0.25, -0.2) is 0 Å². The topological polar surface area (TPSA) is 29.1 Å². The molecule has 0 radical (unpaired) electrons. The summed E-state index contributed by atoms with van der Waals surface area (Å²) in [6, 6.07) is 17.3. The van der Waals surface area contributed by atoms with E-state index in [1.807, 2.05) is 0 Å². The van der Waals surface area contributed by atoms with E-state index in [2.05, 4.69) is 60.8 Å². The first-order valence-corrected chi connectivity index (χ1v) is 12.2. The van der Waals surface area contributed by atoms with E-state index in [9.17, 15) is 4.79 Å². The van der Waals surface area contributed by atoms with Crippen LogP contribution in [0.5, 0.6) is 0 Å². The summed E-state index contributed by atoms with van der Waals surface area (Å²) < 4.78 is 0. The molecule has 3 heteroatoms. The van der Waals surface area contributed by atoms with Gasteiger partial charge in [0.25, 0.3) is 0 Å². The molecule has 4 bridgehead atoms. The van der Waals surface area contributed by atoms with Gasteiger partial charge in [0.2, 0.25) is 5.91 Å². The second-order valence-electron chi connectivity index (χ2n) is 9.73. The summed E-state index contributed by atoms with van der Waals surface area (Å²) in [5.74, 6) is 3.80. The highest BCUT2D eigenvalue weighted by Crippen LogP contribution is 2.60. The number of carbonyl (C=O) groups excluding carboxylic acids is 1. The van der Waals surface area contributed by atoms with Crippen molar-refractivity contribution in [3.05, 3.63) is 59.7 Å². The third kappa shape index (κ3) is 4.12. The first kappa shape index (κ1) is 19.2. The molecule has 1 N–H and O–H groups in total. The van der Waals surface area contributed by atoms with Gasteiger partial charge in [0, 0.05) is 22.8 Å². The maximum absolute atomic E-state index is 12.3. The number of rotatable bonds is 6. The Bertz CT molecular complexity index is 835. The number of hydrogen-bond donors (Lipinski definition) is 1. The minimum absolute atomic E-state index is 0.104. The lowest BCUT2D eigenvalue weighted by Gasteiger charge is -2.57. The molecule has 29 heavy (non-hydrogen) atoms. The van der Waals surface area contributed by atoms with Gasteiger partial charge in [0.15, 0.2) is 0 Å². The van der Waals surface area contributed by atoms with Crippen molar-refractivity contribution in [2.45, 2.75) is 62.2 Å². The monoisotopic (exact) mass is 405 g/mol. The van der Waals surface area contributed by atoms with E-state index in [4.69, 9.17) is 0 Å². The number of anilines is 1. The van der Waals surface area contributed by atoms with Crippen molar-refractivity contribution >= 4 is 23.4 Å². The highest BCUT2D eigenvalue weighted by atomic mass is 32.2. The van der Waals surface area contributed by atoms with E-state index in [-0.39, 0.29) is 5.91 Å². The average Bonchev–Trinajstić information content (AvgIpc) is 2.69. The number of thioether (sulfide) groups is 1. The Morgan fingerprint density at radius 1 is 0.931 bits per heavy atom. The number of nitrogens with one attached hydrogen (secondary N) is 1. The molecule has 152 valence electrons. The van der Waals surface area contributed by atoms with E-state index in [0.717, 1.165) is 29.2 Å². The number of amides is 1. The normalized spacial score (nSPS) is 29.8. The minimum atomic E-state index is 0.104. The zero-order valence-electron chi connectivity index (χ0n) is 17.3. The van der Waals surface area contributed by atoms with Gasteiger partial charge in [-0.15, -0.1) is 11.8 Å². The highest BCUT2D eigenvalue weighted by Gasteiger charge is 2.51. The summed E-state index contributed by atoms with van der Waals surface area (Å²) in [7, 11) is 0. The summed E-state index contributed by atoms with van der Waals surface area (Å²) in [5.41, 5.74) is 4.15. The molecule has 0 aromatic heterocycles. The van der Waals surface area contributed by atoms with E-state index in [1.165, 1.54) is 54.5 Å². The van der Waals surface area contributed by atoms with E-state index < -0.39 is 0 Å². The van der Waals surface area contributed by atoms with Crippen molar-refractivity contribution in [3.63, 3.8) is 0 Å². The predicted molar refractivity (Wildman–Crippen MR) is 121 cm³/mol. The fourth-order valence-electron chi connectivity index (χ4n) is 6.49. The van der Waals surface area contributed by atoms with Gasteiger partial charge in [-0.1, -0.05) is 29.8 Å². The molecule has 4 aliphatic rings. The van der Waals surface area contributed by atoms with Gasteiger partial charge in [-0.05, 0) is 98.4 Å². The Balaban J connectivity index is 1.16. The molecule has 0 unspecified atom stereocenters. The number of carbonyl (C=O) groups is 1. The van der Waals surface area contributed by atoms with Gasteiger partial charge >= 0.3 is 0 Å². The molecule has 0 atom stereocenters. The van der Waals surface area contributed by atoms with Crippen molar-refractivity contribution in [1.82, 2.24) is 0 Å². The smallest absolute Gasteiger partial charge is 0.225 e. The molecular formula is C26H31NOS. The van der Waals surface area contributed by atoms with Crippen LogP contribution >= 0.6 is 11.8 Å². The zero-order chi connectivity index (χ0) is 19.8. The van der Waals surface area contributed by atoms with Crippen LogP contribution in [0.25, 0.3) is 0 Å². The van der Waals surface area contributed by atoms with Crippen LogP contribution in [0.1, 0.15) is 56.1 Å². The molecule has 6 rings (SSSR count). The molecular weight excluding hydrogens is 374 g/mol. The van der Waals surface area contributed by atoms with Crippen LogP contribution in [-0.4, -0.2) is 11.7 Å². The van der Waals surface area contributed by atoms with Crippen molar-refractivity contribution < 1.29 is 4.79 Å². The average molecular weight is 406 g/mol. The summed E-state index contributed by atoms with van der Waals surface area (Å²) in [4.78, 5) is 13.6. The largest absolute Gasteiger partial charge is 0.326 e. The number of hydrogen-bond acceptors (Lipinski definition) is 2. The SMILES string of the molecule is Cc1ccc(SCCC(=O)Nc2ccc(C34CC5CC(CC(C5)C3)C4)cc2)cc1. The molecule has 0 aliphatic heterocycles. The van der Waals surface area contributed by atoms with Gasteiger partial charge in [-0.2, -0.15) is 0 Å². The van der Waals surface area contributed by atoms with Gasteiger partial charge < -0.3 is 5.32 Å². The molecule has 0 heterocycles. The lowest BCUT2D eigenvalue weighted by molar-refractivity contribution is -0.115. The van der Waals surface area contributed by atoms with Crippen LogP contribution in [-0.2, 0) is 10.2 Å². The molecule has 2 nitrogen and oxygen atoms in total. The summed E-state index contributed by atoms with van der Waals surface area (Å²) in [6.07, 6.45) is 9.15. The highest BCUT2D eigenvalue weighted by molar-refractivity contribution is 7.99. The van der Waals surface area contributed by atoms with Crippen LogP contribution in [0, 0.1) is 24.7 Å². The zero-order valence-corrected chi connectivity index (χ0v) is 18.1. The summed E-state index contributed by atoms with van der Waals surface area (Å²) in [5, 5.41) is 3.09. The Labute approximate surface area is 178 Å².